The van der Waals surface area contributed by atoms with Crippen molar-refractivity contribution in [2.75, 3.05) is 5.32 Å². The number of ketones is 1. The van der Waals surface area contributed by atoms with E-state index in [1.165, 1.54) is 36.4 Å². The van der Waals surface area contributed by atoms with Gasteiger partial charge in [0.1, 0.15) is 0 Å². The van der Waals surface area contributed by atoms with Crippen LogP contribution in [-0.2, 0) is 0 Å². The Hall–Kier alpha value is -3.51. The molecule has 3 aromatic carbocycles. The van der Waals surface area contributed by atoms with Crippen LogP contribution in [0.2, 0.25) is 5.02 Å². The van der Waals surface area contributed by atoms with Gasteiger partial charge in [0, 0.05) is 34.5 Å². The molecule has 0 aliphatic carbocycles. The number of nitro benzene ring substituents is 1. The van der Waals surface area contributed by atoms with Crippen LogP contribution in [0.4, 0.5) is 11.4 Å². The summed E-state index contributed by atoms with van der Waals surface area (Å²) in [6, 6.07) is 18.5. The number of anilines is 1. The van der Waals surface area contributed by atoms with Crippen molar-refractivity contribution in [1.82, 2.24) is 0 Å². The molecular formula is C20H13ClN2O4. The van der Waals surface area contributed by atoms with E-state index >= 15 is 0 Å². The van der Waals surface area contributed by atoms with Crippen LogP contribution in [0.3, 0.4) is 0 Å². The zero-order valence-electron chi connectivity index (χ0n) is 13.9. The summed E-state index contributed by atoms with van der Waals surface area (Å²) in [4.78, 5) is 35.1. The van der Waals surface area contributed by atoms with E-state index in [0.717, 1.165) is 0 Å². The monoisotopic (exact) mass is 380 g/mol. The zero-order valence-corrected chi connectivity index (χ0v) is 14.6. The Labute approximate surface area is 159 Å². The molecule has 1 amide bonds. The number of nitro groups is 1. The Kier molecular flexibility index (Phi) is 5.28. The van der Waals surface area contributed by atoms with Gasteiger partial charge in [-0.2, -0.15) is 0 Å². The number of carbonyl (C=O) groups is 2. The Morgan fingerprint density at radius 3 is 2.19 bits per heavy atom. The van der Waals surface area contributed by atoms with Crippen LogP contribution >= 0.6 is 11.6 Å². The molecule has 134 valence electrons. The van der Waals surface area contributed by atoms with E-state index in [1.54, 1.807) is 36.4 Å². The van der Waals surface area contributed by atoms with E-state index in [2.05, 4.69) is 5.32 Å². The number of halogens is 1. The molecule has 0 aliphatic rings. The maximum Gasteiger partial charge on any atom is 0.269 e. The number of hydrogen-bond acceptors (Lipinski definition) is 4. The van der Waals surface area contributed by atoms with Crippen LogP contribution in [0.1, 0.15) is 26.3 Å². The molecule has 6 nitrogen and oxygen atoms in total. The fourth-order valence-corrected chi connectivity index (χ4v) is 2.66. The van der Waals surface area contributed by atoms with Crippen LogP contribution in [0.15, 0.2) is 72.8 Å². The number of hydrogen-bond donors (Lipinski definition) is 1. The Bertz CT molecular complexity index is 1020. The van der Waals surface area contributed by atoms with Crippen molar-refractivity contribution < 1.29 is 14.5 Å². The van der Waals surface area contributed by atoms with Gasteiger partial charge in [0.25, 0.3) is 11.6 Å². The fourth-order valence-electron chi connectivity index (χ4n) is 2.46. The van der Waals surface area contributed by atoms with Gasteiger partial charge in [-0.15, -0.1) is 0 Å². The highest BCUT2D eigenvalue weighted by molar-refractivity contribution is 6.35. The number of nitrogens with zero attached hydrogens (tertiary/aromatic N) is 1. The van der Waals surface area contributed by atoms with Crippen molar-refractivity contribution in [2.45, 2.75) is 0 Å². The second-order valence-electron chi connectivity index (χ2n) is 5.65. The van der Waals surface area contributed by atoms with E-state index in [1.807, 2.05) is 0 Å². The van der Waals surface area contributed by atoms with E-state index in [0.29, 0.717) is 11.3 Å². The van der Waals surface area contributed by atoms with Gasteiger partial charge in [-0.1, -0.05) is 41.9 Å². The second kappa shape index (κ2) is 7.80. The number of benzene rings is 3. The number of rotatable bonds is 5. The molecule has 0 unspecified atom stereocenters. The SMILES string of the molecule is O=C(Nc1ccc(Cl)c(C(=O)c2ccccc2)c1)c1ccc([N+](=O)[O-])cc1. The molecule has 0 saturated carbocycles. The molecular weight excluding hydrogens is 368 g/mol. The lowest BCUT2D eigenvalue weighted by Crippen LogP contribution is -2.12. The van der Waals surface area contributed by atoms with Crippen molar-refractivity contribution in [3.8, 4) is 0 Å². The van der Waals surface area contributed by atoms with E-state index in [-0.39, 0.29) is 27.6 Å². The van der Waals surface area contributed by atoms with Crippen molar-refractivity contribution in [1.29, 1.82) is 0 Å². The first kappa shape index (κ1) is 18.3. The predicted octanol–water partition coefficient (Wildman–Crippen LogP) is 4.73. The Morgan fingerprint density at radius 1 is 0.889 bits per heavy atom. The fraction of sp³-hybridized carbons (Fsp3) is 0. The van der Waals surface area contributed by atoms with Crippen molar-refractivity contribution >= 4 is 34.7 Å². The van der Waals surface area contributed by atoms with E-state index in [9.17, 15) is 19.7 Å². The number of amides is 1. The first-order valence-electron chi connectivity index (χ1n) is 7.91. The number of non-ortho nitro benzene ring substituents is 1. The highest BCUT2D eigenvalue weighted by Gasteiger charge is 2.15. The molecule has 0 aliphatic heterocycles. The van der Waals surface area contributed by atoms with Gasteiger partial charge in [0.15, 0.2) is 5.78 Å². The summed E-state index contributed by atoms with van der Waals surface area (Å²) in [6.45, 7) is 0. The molecule has 0 bridgehead atoms. The minimum atomic E-state index is -0.539. The third kappa shape index (κ3) is 4.19. The second-order valence-corrected chi connectivity index (χ2v) is 6.06. The van der Waals surface area contributed by atoms with Crippen LogP contribution in [0.25, 0.3) is 0 Å². The predicted molar refractivity (Wildman–Crippen MR) is 102 cm³/mol. The highest BCUT2D eigenvalue weighted by atomic mass is 35.5. The summed E-state index contributed by atoms with van der Waals surface area (Å²) in [7, 11) is 0. The van der Waals surface area contributed by atoms with Crippen LogP contribution in [-0.4, -0.2) is 16.6 Å². The van der Waals surface area contributed by atoms with Crippen LogP contribution in [0.5, 0.6) is 0 Å². The molecule has 0 heterocycles. The van der Waals surface area contributed by atoms with Gasteiger partial charge in [-0.25, -0.2) is 0 Å². The Morgan fingerprint density at radius 2 is 1.56 bits per heavy atom. The van der Waals surface area contributed by atoms with Crippen LogP contribution in [0, 0.1) is 10.1 Å². The molecule has 0 fully saturated rings. The zero-order chi connectivity index (χ0) is 19.4. The third-order valence-electron chi connectivity index (χ3n) is 3.85. The molecule has 0 radical (unpaired) electrons. The van der Waals surface area contributed by atoms with Crippen molar-refractivity contribution in [3.63, 3.8) is 0 Å². The maximum atomic E-state index is 12.6. The molecule has 0 saturated heterocycles. The first-order chi connectivity index (χ1) is 13.0. The maximum absolute atomic E-state index is 12.6. The molecule has 7 heteroatoms. The molecule has 3 aromatic rings. The third-order valence-corrected chi connectivity index (χ3v) is 4.17. The standard InChI is InChI=1S/C20H13ClN2O4/c21-18-11-8-15(12-17(18)19(24)13-4-2-1-3-5-13)22-20(25)14-6-9-16(10-7-14)23(26)27/h1-12H,(H,22,25). The molecule has 0 spiro atoms. The summed E-state index contributed by atoms with van der Waals surface area (Å²) in [6.07, 6.45) is 0. The minimum Gasteiger partial charge on any atom is -0.322 e. The lowest BCUT2D eigenvalue weighted by Gasteiger charge is -2.09. The summed E-state index contributed by atoms with van der Waals surface area (Å²) < 4.78 is 0. The average molecular weight is 381 g/mol. The van der Waals surface area contributed by atoms with Crippen molar-refractivity contribution in [2.24, 2.45) is 0 Å². The number of carbonyl (C=O) groups excluding carboxylic acids is 2. The van der Waals surface area contributed by atoms with Gasteiger partial charge < -0.3 is 5.32 Å². The first-order valence-corrected chi connectivity index (χ1v) is 8.28. The molecule has 0 aromatic heterocycles. The molecule has 0 atom stereocenters. The topological polar surface area (TPSA) is 89.3 Å². The quantitative estimate of drug-likeness (QED) is 0.393. The van der Waals surface area contributed by atoms with Gasteiger partial charge in [-0.3, -0.25) is 19.7 Å². The normalized spacial score (nSPS) is 10.3. The lowest BCUT2D eigenvalue weighted by molar-refractivity contribution is -0.384. The molecule has 27 heavy (non-hydrogen) atoms. The summed E-state index contributed by atoms with van der Waals surface area (Å²) in [5.74, 6) is -0.711. The minimum absolute atomic E-state index is 0.103. The van der Waals surface area contributed by atoms with E-state index in [4.69, 9.17) is 11.6 Å². The highest BCUT2D eigenvalue weighted by Crippen LogP contribution is 2.24. The number of nitrogens with one attached hydrogen (secondary N) is 1. The summed E-state index contributed by atoms with van der Waals surface area (Å²) in [5.41, 5.74) is 1.30. The van der Waals surface area contributed by atoms with E-state index < -0.39 is 10.8 Å². The smallest absolute Gasteiger partial charge is 0.269 e. The average Bonchev–Trinajstić information content (AvgIpc) is 2.69. The summed E-state index contributed by atoms with van der Waals surface area (Å²) >= 11 is 6.14. The van der Waals surface area contributed by atoms with Crippen LogP contribution < -0.4 is 5.32 Å². The van der Waals surface area contributed by atoms with Crippen molar-refractivity contribution in [3.05, 3.63) is 105 Å². The van der Waals surface area contributed by atoms with Gasteiger partial charge in [0.05, 0.1) is 9.95 Å². The molecule has 3 rings (SSSR count). The van der Waals surface area contributed by atoms with Gasteiger partial charge in [-0.05, 0) is 30.3 Å². The largest absolute Gasteiger partial charge is 0.322 e. The Balaban J connectivity index is 1.82. The summed E-state index contributed by atoms with van der Waals surface area (Å²) in [5, 5.41) is 13.6. The molecule has 1 N–H and O–H groups in total. The lowest BCUT2D eigenvalue weighted by atomic mass is 10.0. The van der Waals surface area contributed by atoms with Gasteiger partial charge >= 0.3 is 0 Å². The van der Waals surface area contributed by atoms with Gasteiger partial charge in [0.2, 0.25) is 0 Å².